The molecule has 0 aliphatic rings. The summed E-state index contributed by atoms with van der Waals surface area (Å²) in [6.07, 6.45) is 3.97. The second kappa shape index (κ2) is 2.89. The summed E-state index contributed by atoms with van der Waals surface area (Å²) in [5.41, 5.74) is 0. The number of rotatable bonds is 1. The van der Waals surface area contributed by atoms with Gasteiger partial charge in [-0.2, -0.15) is 0 Å². The lowest BCUT2D eigenvalue weighted by Gasteiger charge is -1.92. The standard InChI is InChI=1S/C10H11N2/c1-2-12-8-10-6-4-3-5-9(10)7-11-12/h3-8H,2H2,1H3/q+1. The van der Waals surface area contributed by atoms with Crippen molar-refractivity contribution in [2.75, 3.05) is 0 Å². The van der Waals surface area contributed by atoms with Gasteiger partial charge >= 0.3 is 0 Å². The number of hydrogen-bond donors (Lipinski definition) is 0. The molecule has 0 atom stereocenters. The molecule has 12 heavy (non-hydrogen) atoms. The molecule has 2 heteroatoms. The average Bonchev–Trinajstić information content (AvgIpc) is 2.17. The Morgan fingerprint density at radius 2 is 2.00 bits per heavy atom. The summed E-state index contributed by atoms with van der Waals surface area (Å²) in [6, 6.07) is 8.24. The van der Waals surface area contributed by atoms with Crippen molar-refractivity contribution in [3.05, 3.63) is 36.7 Å². The van der Waals surface area contributed by atoms with E-state index in [0.29, 0.717) is 0 Å². The highest BCUT2D eigenvalue weighted by Crippen LogP contribution is 2.07. The molecule has 0 N–H and O–H groups in total. The van der Waals surface area contributed by atoms with Gasteiger partial charge in [0.25, 0.3) is 0 Å². The molecule has 0 spiro atoms. The zero-order valence-corrected chi connectivity index (χ0v) is 7.07. The number of aromatic nitrogens is 2. The molecule has 0 unspecified atom stereocenters. The third kappa shape index (κ3) is 1.16. The highest BCUT2D eigenvalue weighted by molar-refractivity contribution is 5.79. The van der Waals surface area contributed by atoms with E-state index in [1.807, 2.05) is 23.0 Å². The topological polar surface area (TPSA) is 16.8 Å². The highest BCUT2D eigenvalue weighted by atomic mass is 15.2. The van der Waals surface area contributed by atoms with Gasteiger partial charge in [-0.25, -0.2) is 0 Å². The molecule has 0 bridgehead atoms. The van der Waals surface area contributed by atoms with E-state index in [0.717, 1.165) is 6.54 Å². The first-order valence-electron chi connectivity index (χ1n) is 4.14. The molecule has 2 aromatic rings. The van der Waals surface area contributed by atoms with Crippen molar-refractivity contribution in [1.29, 1.82) is 0 Å². The third-order valence-electron chi connectivity index (χ3n) is 1.95. The van der Waals surface area contributed by atoms with Crippen LogP contribution in [0.3, 0.4) is 0 Å². The van der Waals surface area contributed by atoms with Crippen LogP contribution in [0.2, 0.25) is 0 Å². The van der Waals surface area contributed by atoms with Gasteiger partial charge < -0.3 is 0 Å². The summed E-state index contributed by atoms with van der Waals surface area (Å²) >= 11 is 0. The fourth-order valence-corrected chi connectivity index (χ4v) is 1.25. The molecule has 0 saturated carbocycles. The van der Waals surface area contributed by atoms with Gasteiger partial charge in [0, 0.05) is 10.8 Å². The number of nitrogens with zero attached hydrogens (tertiary/aromatic N) is 2. The zero-order chi connectivity index (χ0) is 8.39. The van der Waals surface area contributed by atoms with E-state index >= 15 is 0 Å². The lowest BCUT2D eigenvalue weighted by molar-refractivity contribution is -0.749. The van der Waals surface area contributed by atoms with E-state index in [2.05, 4.69) is 30.4 Å². The van der Waals surface area contributed by atoms with E-state index in [4.69, 9.17) is 0 Å². The van der Waals surface area contributed by atoms with Crippen LogP contribution in [-0.4, -0.2) is 5.10 Å². The van der Waals surface area contributed by atoms with Gasteiger partial charge in [0.15, 0.2) is 6.54 Å². The molecule has 0 aliphatic carbocycles. The number of benzene rings is 1. The van der Waals surface area contributed by atoms with Gasteiger partial charge in [0.1, 0.15) is 6.20 Å². The molecule has 0 fully saturated rings. The summed E-state index contributed by atoms with van der Waals surface area (Å²) in [6.45, 7) is 3.01. The first-order chi connectivity index (χ1) is 5.90. The molecule has 0 aliphatic heterocycles. The van der Waals surface area contributed by atoms with Gasteiger partial charge in [-0.1, -0.05) is 22.9 Å². The van der Waals surface area contributed by atoms with Crippen LogP contribution in [0.5, 0.6) is 0 Å². The third-order valence-corrected chi connectivity index (χ3v) is 1.95. The van der Waals surface area contributed by atoms with Crippen LogP contribution in [0.15, 0.2) is 36.7 Å². The monoisotopic (exact) mass is 159 g/mol. The summed E-state index contributed by atoms with van der Waals surface area (Å²) in [4.78, 5) is 0. The van der Waals surface area contributed by atoms with Crippen LogP contribution < -0.4 is 4.68 Å². The fourth-order valence-electron chi connectivity index (χ4n) is 1.25. The molecule has 2 rings (SSSR count). The van der Waals surface area contributed by atoms with Gasteiger partial charge in [-0.05, 0) is 18.1 Å². The number of fused-ring (bicyclic) bond motifs is 1. The van der Waals surface area contributed by atoms with E-state index in [1.54, 1.807) is 0 Å². The first kappa shape index (κ1) is 7.22. The van der Waals surface area contributed by atoms with Crippen LogP contribution in [0, 0.1) is 0 Å². The minimum atomic E-state index is 0.921. The van der Waals surface area contributed by atoms with E-state index in [9.17, 15) is 0 Å². The van der Waals surface area contributed by atoms with Crippen molar-refractivity contribution in [2.45, 2.75) is 13.5 Å². The molecular weight excluding hydrogens is 148 g/mol. The predicted molar refractivity (Wildman–Crippen MR) is 47.6 cm³/mol. The van der Waals surface area contributed by atoms with Crippen LogP contribution in [0.1, 0.15) is 6.92 Å². The van der Waals surface area contributed by atoms with Crippen LogP contribution in [0.4, 0.5) is 0 Å². The summed E-state index contributed by atoms with van der Waals surface area (Å²) in [5.74, 6) is 0. The van der Waals surface area contributed by atoms with Crippen molar-refractivity contribution >= 4 is 10.8 Å². The van der Waals surface area contributed by atoms with Gasteiger partial charge in [0.2, 0.25) is 6.20 Å². The zero-order valence-electron chi connectivity index (χ0n) is 7.07. The van der Waals surface area contributed by atoms with E-state index in [-0.39, 0.29) is 0 Å². The minimum Gasteiger partial charge on any atom is -0.0909 e. The molecule has 0 amide bonds. The lowest BCUT2D eigenvalue weighted by Crippen LogP contribution is -2.35. The molecule has 2 nitrogen and oxygen atoms in total. The molecule has 1 heterocycles. The first-order valence-corrected chi connectivity index (χ1v) is 4.14. The smallest absolute Gasteiger partial charge is 0.0909 e. The maximum Gasteiger partial charge on any atom is 0.204 e. The Balaban J connectivity index is 2.67. The van der Waals surface area contributed by atoms with Crippen molar-refractivity contribution in [2.24, 2.45) is 0 Å². The summed E-state index contributed by atoms with van der Waals surface area (Å²) in [5, 5.41) is 6.68. The quantitative estimate of drug-likeness (QED) is 0.577. The summed E-state index contributed by atoms with van der Waals surface area (Å²) < 4.78 is 1.93. The Labute approximate surface area is 71.5 Å². The highest BCUT2D eigenvalue weighted by Gasteiger charge is 1.99. The van der Waals surface area contributed by atoms with E-state index < -0.39 is 0 Å². The Morgan fingerprint density at radius 3 is 2.75 bits per heavy atom. The number of hydrogen-bond acceptors (Lipinski definition) is 1. The average molecular weight is 159 g/mol. The Morgan fingerprint density at radius 1 is 1.25 bits per heavy atom. The second-order valence-electron chi connectivity index (χ2n) is 2.76. The van der Waals surface area contributed by atoms with E-state index in [1.165, 1.54) is 10.8 Å². The Hall–Kier alpha value is -1.44. The van der Waals surface area contributed by atoms with Crippen LogP contribution >= 0.6 is 0 Å². The van der Waals surface area contributed by atoms with Gasteiger partial charge in [-0.15, -0.1) is 0 Å². The normalized spacial score (nSPS) is 10.4. The minimum absolute atomic E-state index is 0.921. The maximum absolute atomic E-state index is 4.24. The number of aryl methyl sites for hydroxylation is 1. The van der Waals surface area contributed by atoms with Gasteiger partial charge in [-0.3, -0.25) is 0 Å². The predicted octanol–water partition coefficient (Wildman–Crippen LogP) is 1.54. The molecule has 0 radical (unpaired) electrons. The van der Waals surface area contributed by atoms with Crippen LogP contribution in [0.25, 0.3) is 10.8 Å². The molecular formula is C10H11N2+. The van der Waals surface area contributed by atoms with Crippen molar-refractivity contribution < 1.29 is 4.68 Å². The molecule has 1 aromatic carbocycles. The van der Waals surface area contributed by atoms with Crippen LogP contribution in [-0.2, 0) is 6.54 Å². The largest absolute Gasteiger partial charge is 0.204 e. The Bertz CT molecular complexity index is 396. The summed E-state index contributed by atoms with van der Waals surface area (Å²) in [7, 11) is 0. The maximum atomic E-state index is 4.24. The second-order valence-corrected chi connectivity index (χ2v) is 2.76. The SMILES string of the molecule is CC[n+]1cc2ccccc2cn1. The van der Waals surface area contributed by atoms with Crippen molar-refractivity contribution in [1.82, 2.24) is 5.10 Å². The van der Waals surface area contributed by atoms with Crippen molar-refractivity contribution in [3.63, 3.8) is 0 Å². The lowest BCUT2D eigenvalue weighted by atomic mass is 10.2. The molecule has 0 saturated heterocycles. The Kier molecular flexibility index (Phi) is 1.74. The molecule has 60 valence electrons. The van der Waals surface area contributed by atoms with Crippen molar-refractivity contribution in [3.8, 4) is 0 Å². The fraction of sp³-hybridized carbons (Fsp3) is 0.200. The molecule has 1 aromatic heterocycles. The van der Waals surface area contributed by atoms with Gasteiger partial charge in [0.05, 0.1) is 0 Å².